The summed E-state index contributed by atoms with van der Waals surface area (Å²) in [6, 6.07) is -0.643. The maximum Gasteiger partial charge on any atom is 0.261 e. The maximum absolute atomic E-state index is 11.6. The van der Waals surface area contributed by atoms with Gasteiger partial charge in [0, 0.05) is 20.3 Å². The molecule has 0 aliphatic heterocycles. The van der Waals surface area contributed by atoms with Crippen LogP contribution in [0.3, 0.4) is 0 Å². The van der Waals surface area contributed by atoms with Gasteiger partial charge in [-0.2, -0.15) is 0 Å². The fourth-order valence-electron chi connectivity index (χ4n) is 0.926. The van der Waals surface area contributed by atoms with Crippen LogP contribution in [0.4, 0.5) is 8.78 Å². The Hall–Kier alpha value is -0.790. The molecular weight excluding hydrogens is 222 g/mol. The molecule has 0 saturated heterocycles. The second-order valence-corrected chi connectivity index (χ2v) is 3.14. The van der Waals surface area contributed by atoms with Gasteiger partial charge < -0.3 is 20.5 Å². The third-order valence-electron chi connectivity index (χ3n) is 1.76. The van der Waals surface area contributed by atoms with Crippen LogP contribution in [0.15, 0.2) is 0 Å². The van der Waals surface area contributed by atoms with E-state index in [0.29, 0.717) is 13.0 Å². The molecule has 7 heteroatoms. The fraction of sp³-hybridized carbons (Fsp3) is 0.889. The largest absolute Gasteiger partial charge is 0.385 e. The number of hydrogen-bond acceptors (Lipinski definition) is 4. The van der Waals surface area contributed by atoms with Gasteiger partial charge in [0.1, 0.15) is 6.61 Å². The van der Waals surface area contributed by atoms with Crippen LogP contribution in [0.1, 0.15) is 6.42 Å². The lowest BCUT2D eigenvalue weighted by Crippen LogP contribution is -2.42. The minimum absolute atomic E-state index is 0.0487. The minimum atomic E-state index is -2.49. The van der Waals surface area contributed by atoms with E-state index in [2.05, 4.69) is 10.1 Å². The van der Waals surface area contributed by atoms with Gasteiger partial charge in [-0.1, -0.05) is 0 Å². The summed E-state index contributed by atoms with van der Waals surface area (Å²) in [4.78, 5) is 11.3. The van der Waals surface area contributed by atoms with Crippen LogP contribution in [-0.4, -0.2) is 51.8 Å². The van der Waals surface area contributed by atoms with Crippen LogP contribution in [0, 0.1) is 0 Å². The van der Waals surface area contributed by atoms with E-state index in [0.717, 1.165) is 0 Å². The normalized spacial score (nSPS) is 12.8. The number of amides is 1. The van der Waals surface area contributed by atoms with Gasteiger partial charge in [-0.3, -0.25) is 4.79 Å². The van der Waals surface area contributed by atoms with E-state index in [1.807, 2.05) is 0 Å². The van der Waals surface area contributed by atoms with Crippen LogP contribution < -0.4 is 11.1 Å². The molecule has 0 heterocycles. The number of rotatable bonds is 9. The van der Waals surface area contributed by atoms with E-state index in [-0.39, 0.29) is 19.1 Å². The Balaban J connectivity index is 3.42. The van der Waals surface area contributed by atoms with E-state index in [1.165, 1.54) is 7.11 Å². The van der Waals surface area contributed by atoms with Crippen molar-refractivity contribution >= 4 is 5.91 Å². The molecular formula is C9H18F2N2O3. The maximum atomic E-state index is 11.6. The smallest absolute Gasteiger partial charge is 0.261 e. The molecule has 1 atom stereocenters. The molecule has 16 heavy (non-hydrogen) atoms. The topological polar surface area (TPSA) is 73.6 Å². The number of ether oxygens (including phenoxy) is 2. The molecule has 96 valence electrons. The lowest BCUT2D eigenvalue weighted by atomic mass is 10.2. The van der Waals surface area contributed by atoms with E-state index >= 15 is 0 Å². The Kier molecular flexibility index (Phi) is 8.97. The average molecular weight is 240 g/mol. The van der Waals surface area contributed by atoms with Crippen molar-refractivity contribution in [3.8, 4) is 0 Å². The molecule has 0 aromatic heterocycles. The second-order valence-electron chi connectivity index (χ2n) is 3.14. The monoisotopic (exact) mass is 240 g/mol. The van der Waals surface area contributed by atoms with Gasteiger partial charge in [0.05, 0.1) is 12.6 Å². The predicted molar refractivity (Wildman–Crippen MR) is 54.3 cm³/mol. The predicted octanol–water partition coefficient (Wildman–Crippen LogP) is -0.252. The number of carbonyl (C=O) groups excluding carboxylic acids is 1. The van der Waals surface area contributed by atoms with Crippen molar-refractivity contribution in [2.75, 3.05) is 33.5 Å². The highest BCUT2D eigenvalue weighted by Gasteiger charge is 2.12. The first-order valence-corrected chi connectivity index (χ1v) is 4.96. The zero-order chi connectivity index (χ0) is 12.4. The number of methoxy groups -OCH3 is 1. The number of hydrogen-bond donors (Lipinski definition) is 2. The van der Waals surface area contributed by atoms with Crippen molar-refractivity contribution < 1.29 is 23.0 Å². The lowest BCUT2D eigenvalue weighted by Gasteiger charge is -2.11. The fourth-order valence-corrected chi connectivity index (χ4v) is 0.926. The van der Waals surface area contributed by atoms with Gasteiger partial charge in [-0.05, 0) is 6.42 Å². The molecule has 0 rings (SSSR count). The first-order valence-electron chi connectivity index (χ1n) is 4.96. The Morgan fingerprint density at radius 1 is 1.44 bits per heavy atom. The van der Waals surface area contributed by atoms with E-state index in [1.54, 1.807) is 0 Å². The van der Waals surface area contributed by atoms with Gasteiger partial charge in [-0.15, -0.1) is 0 Å². The average Bonchev–Trinajstić information content (AvgIpc) is 2.24. The summed E-state index contributed by atoms with van der Waals surface area (Å²) in [5, 5.41) is 2.48. The molecule has 3 N–H and O–H groups in total. The molecule has 0 aliphatic rings. The SMILES string of the molecule is COCCC(N)C(=O)NCCOCC(F)F. The summed E-state index contributed by atoms with van der Waals surface area (Å²) in [5.41, 5.74) is 5.51. The number of halogens is 2. The Morgan fingerprint density at radius 3 is 2.69 bits per heavy atom. The first kappa shape index (κ1) is 15.2. The van der Waals surface area contributed by atoms with Gasteiger partial charge in [0.2, 0.25) is 5.91 Å². The Morgan fingerprint density at radius 2 is 2.12 bits per heavy atom. The first-order chi connectivity index (χ1) is 7.57. The molecule has 0 bridgehead atoms. The molecule has 0 saturated carbocycles. The Bertz CT molecular complexity index is 194. The van der Waals surface area contributed by atoms with Gasteiger partial charge >= 0.3 is 0 Å². The lowest BCUT2D eigenvalue weighted by molar-refractivity contribution is -0.123. The van der Waals surface area contributed by atoms with Crippen molar-refractivity contribution in [3.63, 3.8) is 0 Å². The van der Waals surface area contributed by atoms with Gasteiger partial charge in [0.25, 0.3) is 6.43 Å². The summed E-state index contributed by atoms with van der Waals surface area (Å²) >= 11 is 0. The summed E-state index contributed by atoms with van der Waals surface area (Å²) in [5.74, 6) is -0.335. The summed E-state index contributed by atoms with van der Waals surface area (Å²) in [7, 11) is 1.52. The molecule has 0 aliphatic carbocycles. The van der Waals surface area contributed by atoms with Crippen LogP contribution in [0.25, 0.3) is 0 Å². The zero-order valence-electron chi connectivity index (χ0n) is 9.25. The van der Waals surface area contributed by atoms with E-state index < -0.39 is 19.1 Å². The summed E-state index contributed by atoms with van der Waals surface area (Å²) < 4.78 is 32.6. The molecule has 0 aromatic carbocycles. The number of carbonyl (C=O) groups is 1. The van der Waals surface area contributed by atoms with E-state index in [4.69, 9.17) is 10.5 Å². The molecule has 1 unspecified atom stereocenters. The van der Waals surface area contributed by atoms with Crippen LogP contribution in [-0.2, 0) is 14.3 Å². The molecule has 0 aromatic rings. The number of nitrogens with one attached hydrogen (secondary N) is 1. The van der Waals surface area contributed by atoms with E-state index in [9.17, 15) is 13.6 Å². The second kappa shape index (κ2) is 9.44. The summed E-state index contributed by atoms with van der Waals surface area (Å²) in [6.45, 7) is 0.00137. The number of nitrogens with two attached hydrogens (primary N) is 1. The molecule has 1 amide bonds. The van der Waals surface area contributed by atoms with Crippen LogP contribution >= 0.6 is 0 Å². The van der Waals surface area contributed by atoms with Crippen molar-refractivity contribution in [1.29, 1.82) is 0 Å². The van der Waals surface area contributed by atoms with Crippen molar-refractivity contribution in [1.82, 2.24) is 5.32 Å². The molecule has 0 spiro atoms. The molecule has 0 radical (unpaired) electrons. The van der Waals surface area contributed by atoms with Gasteiger partial charge in [-0.25, -0.2) is 8.78 Å². The third kappa shape index (κ3) is 8.51. The Labute approximate surface area is 93.3 Å². The minimum Gasteiger partial charge on any atom is -0.385 e. The van der Waals surface area contributed by atoms with Crippen molar-refractivity contribution in [3.05, 3.63) is 0 Å². The zero-order valence-corrected chi connectivity index (χ0v) is 9.25. The van der Waals surface area contributed by atoms with Crippen LogP contribution in [0.2, 0.25) is 0 Å². The molecule has 0 fully saturated rings. The number of alkyl halides is 2. The van der Waals surface area contributed by atoms with Crippen LogP contribution in [0.5, 0.6) is 0 Å². The van der Waals surface area contributed by atoms with Gasteiger partial charge in [0.15, 0.2) is 0 Å². The molecule has 5 nitrogen and oxygen atoms in total. The standard InChI is InChI=1S/C9H18F2N2O3/c1-15-4-2-7(12)9(14)13-3-5-16-6-8(10)11/h7-8H,2-6,12H2,1H3,(H,13,14). The quantitative estimate of drug-likeness (QED) is 0.545. The highest BCUT2D eigenvalue weighted by atomic mass is 19.3. The van der Waals surface area contributed by atoms with Crippen molar-refractivity contribution in [2.45, 2.75) is 18.9 Å². The third-order valence-corrected chi connectivity index (χ3v) is 1.76. The highest BCUT2D eigenvalue weighted by molar-refractivity contribution is 5.81. The highest BCUT2D eigenvalue weighted by Crippen LogP contribution is 1.92. The summed E-state index contributed by atoms with van der Waals surface area (Å²) in [6.07, 6.45) is -2.07. The van der Waals surface area contributed by atoms with Crippen molar-refractivity contribution in [2.24, 2.45) is 5.73 Å².